The van der Waals surface area contributed by atoms with Crippen molar-refractivity contribution >= 4 is 43.1 Å². The highest BCUT2D eigenvalue weighted by Gasteiger charge is 2.39. The van der Waals surface area contributed by atoms with Crippen LogP contribution >= 0.6 is 27.3 Å². The van der Waals surface area contributed by atoms with Crippen molar-refractivity contribution in [1.29, 1.82) is 0 Å². The van der Waals surface area contributed by atoms with E-state index in [-0.39, 0.29) is 5.84 Å². The topological polar surface area (TPSA) is 96.0 Å². The van der Waals surface area contributed by atoms with Crippen LogP contribution in [0.5, 0.6) is 0 Å². The van der Waals surface area contributed by atoms with E-state index in [2.05, 4.69) is 21.1 Å². The number of halogens is 1. The van der Waals surface area contributed by atoms with E-state index in [1.54, 1.807) is 11.4 Å². The van der Waals surface area contributed by atoms with Gasteiger partial charge in [-0.2, -0.15) is 4.31 Å². The maximum absolute atomic E-state index is 12.5. The second-order valence-corrected chi connectivity index (χ2v) is 8.91. The average Bonchev–Trinajstić information content (AvgIpc) is 2.85. The molecule has 0 amide bonds. The number of thiophene rings is 1. The van der Waals surface area contributed by atoms with Crippen LogP contribution in [-0.2, 0) is 10.0 Å². The molecule has 1 aromatic rings. The standard InChI is InChI=1S/C11H16BrN3O3S2/c1-11(10(13)14-16)3-5-15(6-4-11)20(17,18)9-8(12)2-7-19-9/h2,7,16H,3-6H2,1H3,(H2,13,14). The molecule has 0 saturated carbocycles. The molecule has 20 heavy (non-hydrogen) atoms. The van der Waals surface area contributed by atoms with Gasteiger partial charge in [0.25, 0.3) is 10.0 Å². The Morgan fingerprint density at radius 2 is 2.15 bits per heavy atom. The van der Waals surface area contributed by atoms with Gasteiger partial charge in [-0.1, -0.05) is 12.1 Å². The zero-order valence-electron chi connectivity index (χ0n) is 10.9. The molecule has 1 aliphatic rings. The molecular weight excluding hydrogens is 366 g/mol. The second kappa shape index (κ2) is 5.63. The molecule has 0 aromatic carbocycles. The minimum Gasteiger partial charge on any atom is -0.409 e. The van der Waals surface area contributed by atoms with Gasteiger partial charge in [0, 0.05) is 23.0 Å². The largest absolute Gasteiger partial charge is 0.409 e. The molecule has 1 fully saturated rings. The fourth-order valence-electron chi connectivity index (χ4n) is 2.18. The van der Waals surface area contributed by atoms with Crippen molar-refractivity contribution in [3.05, 3.63) is 15.9 Å². The first-order valence-corrected chi connectivity index (χ1v) is 9.14. The maximum Gasteiger partial charge on any atom is 0.253 e. The van der Waals surface area contributed by atoms with E-state index in [1.165, 1.54) is 15.6 Å². The van der Waals surface area contributed by atoms with Gasteiger partial charge < -0.3 is 10.9 Å². The highest BCUT2D eigenvalue weighted by atomic mass is 79.9. The van der Waals surface area contributed by atoms with Gasteiger partial charge in [-0.3, -0.25) is 0 Å². The molecular formula is C11H16BrN3O3S2. The Hall–Kier alpha value is -0.640. The number of nitrogens with two attached hydrogens (primary N) is 1. The molecule has 1 aliphatic heterocycles. The smallest absolute Gasteiger partial charge is 0.253 e. The molecule has 0 spiro atoms. The first-order chi connectivity index (χ1) is 9.31. The van der Waals surface area contributed by atoms with Crippen LogP contribution in [-0.4, -0.2) is 36.9 Å². The molecule has 6 nitrogen and oxygen atoms in total. The molecule has 112 valence electrons. The quantitative estimate of drug-likeness (QED) is 0.362. The summed E-state index contributed by atoms with van der Waals surface area (Å²) in [5.41, 5.74) is 5.23. The lowest BCUT2D eigenvalue weighted by Crippen LogP contribution is -2.47. The summed E-state index contributed by atoms with van der Waals surface area (Å²) in [6.07, 6.45) is 1.07. The second-order valence-electron chi connectivity index (χ2n) is 5.01. The van der Waals surface area contributed by atoms with Gasteiger partial charge >= 0.3 is 0 Å². The van der Waals surface area contributed by atoms with Gasteiger partial charge in [-0.15, -0.1) is 11.3 Å². The van der Waals surface area contributed by atoms with Crippen LogP contribution in [0.15, 0.2) is 25.3 Å². The minimum absolute atomic E-state index is 0.159. The first kappa shape index (κ1) is 15.7. The van der Waals surface area contributed by atoms with Gasteiger partial charge in [0.05, 0.1) is 0 Å². The van der Waals surface area contributed by atoms with E-state index in [0.717, 1.165) is 0 Å². The number of sulfonamides is 1. The first-order valence-electron chi connectivity index (χ1n) is 6.02. The Morgan fingerprint density at radius 3 is 2.60 bits per heavy atom. The molecule has 0 atom stereocenters. The van der Waals surface area contributed by atoms with Crippen molar-refractivity contribution in [2.24, 2.45) is 16.3 Å². The van der Waals surface area contributed by atoms with E-state index in [9.17, 15) is 8.42 Å². The summed E-state index contributed by atoms with van der Waals surface area (Å²) >= 11 is 4.45. The SMILES string of the molecule is CC1(/C(N)=N/O)CCN(S(=O)(=O)c2sccc2Br)CC1. The fraction of sp³-hybridized carbons (Fsp3) is 0.545. The van der Waals surface area contributed by atoms with Crippen molar-refractivity contribution in [2.75, 3.05) is 13.1 Å². The van der Waals surface area contributed by atoms with Gasteiger partial charge in [-0.25, -0.2) is 8.42 Å². The maximum atomic E-state index is 12.5. The van der Waals surface area contributed by atoms with Crippen LogP contribution in [0.4, 0.5) is 0 Å². The number of piperidine rings is 1. The summed E-state index contributed by atoms with van der Waals surface area (Å²) in [5, 5.41) is 13.6. The van der Waals surface area contributed by atoms with E-state index in [4.69, 9.17) is 10.9 Å². The van der Waals surface area contributed by atoms with E-state index in [0.29, 0.717) is 34.6 Å². The molecule has 0 unspecified atom stereocenters. The summed E-state index contributed by atoms with van der Waals surface area (Å²) in [7, 11) is -3.47. The van der Waals surface area contributed by atoms with Gasteiger partial charge in [0.2, 0.25) is 0 Å². The van der Waals surface area contributed by atoms with Crippen molar-refractivity contribution in [3.63, 3.8) is 0 Å². The van der Waals surface area contributed by atoms with E-state index in [1.807, 2.05) is 6.92 Å². The normalized spacial score (nSPS) is 21.0. The summed E-state index contributed by atoms with van der Waals surface area (Å²) in [4.78, 5) is 0. The number of amidine groups is 1. The molecule has 0 radical (unpaired) electrons. The summed E-state index contributed by atoms with van der Waals surface area (Å²) in [5.74, 6) is 0.159. The number of hydrogen-bond donors (Lipinski definition) is 2. The van der Waals surface area contributed by atoms with Crippen LogP contribution in [0.2, 0.25) is 0 Å². The lowest BCUT2D eigenvalue weighted by atomic mass is 9.80. The molecule has 1 aromatic heterocycles. The highest BCUT2D eigenvalue weighted by Crippen LogP contribution is 2.36. The monoisotopic (exact) mass is 381 g/mol. The third-order valence-electron chi connectivity index (χ3n) is 3.71. The fourth-order valence-corrected chi connectivity index (χ4v) is 6.07. The highest BCUT2D eigenvalue weighted by molar-refractivity contribution is 9.10. The molecule has 0 aliphatic carbocycles. The lowest BCUT2D eigenvalue weighted by molar-refractivity contribution is 0.230. The Balaban J connectivity index is 2.18. The van der Waals surface area contributed by atoms with Crippen molar-refractivity contribution in [1.82, 2.24) is 4.31 Å². The van der Waals surface area contributed by atoms with E-state index < -0.39 is 15.4 Å². The summed E-state index contributed by atoms with van der Waals surface area (Å²) in [6, 6.07) is 1.72. The predicted octanol–water partition coefficient (Wildman–Crippen LogP) is 2.05. The average molecular weight is 382 g/mol. The zero-order chi connectivity index (χ0) is 15.0. The molecule has 2 heterocycles. The Labute approximate surface area is 130 Å². The Morgan fingerprint density at radius 1 is 1.55 bits per heavy atom. The number of hydrogen-bond acceptors (Lipinski definition) is 5. The predicted molar refractivity (Wildman–Crippen MR) is 81.5 cm³/mol. The van der Waals surface area contributed by atoms with Gasteiger partial charge in [0.1, 0.15) is 10.0 Å². The zero-order valence-corrected chi connectivity index (χ0v) is 14.1. The Bertz CT molecular complexity index is 619. The van der Waals surface area contributed by atoms with Gasteiger partial charge in [0.15, 0.2) is 0 Å². The minimum atomic E-state index is -3.47. The summed E-state index contributed by atoms with van der Waals surface area (Å²) in [6.45, 7) is 2.60. The third kappa shape index (κ3) is 2.72. The van der Waals surface area contributed by atoms with Crippen LogP contribution in [0.25, 0.3) is 0 Å². The van der Waals surface area contributed by atoms with Crippen LogP contribution < -0.4 is 5.73 Å². The van der Waals surface area contributed by atoms with Crippen molar-refractivity contribution in [3.8, 4) is 0 Å². The lowest BCUT2D eigenvalue weighted by Gasteiger charge is -2.37. The van der Waals surface area contributed by atoms with Crippen LogP contribution in [0, 0.1) is 5.41 Å². The molecule has 1 saturated heterocycles. The number of oxime groups is 1. The summed E-state index contributed by atoms with van der Waals surface area (Å²) < 4.78 is 27.4. The third-order valence-corrected chi connectivity index (χ3v) is 8.26. The number of rotatable bonds is 3. The Kier molecular flexibility index (Phi) is 4.43. The molecule has 9 heteroatoms. The van der Waals surface area contributed by atoms with Crippen molar-refractivity contribution < 1.29 is 13.6 Å². The molecule has 3 N–H and O–H groups in total. The van der Waals surface area contributed by atoms with E-state index >= 15 is 0 Å². The van der Waals surface area contributed by atoms with Crippen LogP contribution in [0.3, 0.4) is 0 Å². The van der Waals surface area contributed by atoms with Crippen molar-refractivity contribution in [2.45, 2.75) is 24.0 Å². The molecule has 2 rings (SSSR count). The number of nitrogens with zero attached hydrogens (tertiary/aromatic N) is 2. The van der Waals surface area contributed by atoms with Gasteiger partial charge in [-0.05, 0) is 40.2 Å². The molecule has 0 bridgehead atoms. The van der Waals surface area contributed by atoms with Crippen LogP contribution in [0.1, 0.15) is 19.8 Å².